The minimum absolute atomic E-state index is 0.0686. The van der Waals surface area contributed by atoms with Gasteiger partial charge in [-0.2, -0.15) is 0 Å². The van der Waals surface area contributed by atoms with Gasteiger partial charge in [-0.05, 0) is 35.9 Å². The van der Waals surface area contributed by atoms with Gasteiger partial charge in [-0.15, -0.1) is 13.2 Å². The summed E-state index contributed by atoms with van der Waals surface area (Å²) in [6, 6.07) is 10.5. The summed E-state index contributed by atoms with van der Waals surface area (Å²) in [6.07, 6.45) is -0.415. The van der Waals surface area contributed by atoms with E-state index in [4.69, 9.17) is 10.5 Å². The number of halogens is 3. The second-order valence-electron chi connectivity index (χ2n) is 8.53. The van der Waals surface area contributed by atoms with E-state index in [2.05, 4.69) is 9.72 Å². The van der Waals surface area contributed by atoms with Crippen molar-refractivity contribution in [1.82, 2.24) is 14.5 Å². The van der Waals surface area contributed by atoms with Crippen molar-refractivity contribution < 1.29 is 32.2 Å². The number of piperidine rings is 1. The van der Waals surface area contributed by atoms with Crippen molar-refractivity contribution in [3.8, 4) is 22.8 Å². The summed E-state index contributed by atoms with van der Waals surface area (Å²) >= 11 is 0. The predicted octanol–water partition coefficient (Wildman–Crippen LogP) is 3.70. The third-order valence-corrected chi connectivity index (χ3v) is 5.96. The molecule has 4 rings (SSSR count). The van der Waals surface area contributed by atoms with E-state index < -0.39 is 12.3 Å². The Morgan fingerprint density at radius 2 is 1.81 bits per heavy atom. The van der Waals surface area contributed by atoms with E-state index >= 15 is 0 Å². The van der Waals surface area contributed by atoms with Gasteiger partial charge in [-0.3, -0.25) is 9.59 Å². The third kappa shape index (κ3) is 6.15. The zero-order chi connectivity index (χ0) is 25.9. The number of amides is 2. The fourth-order valence-corrected chi connectivity index (χ4v) is 4.12. The van der Waals surface area contributed by atoms with E-state index in [0.717, 1.165) is 11.3 Å². The van der Waals surface area contributed by atoms with E-state index in [9.17, 15) is 22.8 Å². The molecule has 0 aliphatic carbocycles. The van der Waals surface area contributed by atoms with Crippen LogP contribution in [-0.4, -0.2) is 51.8 Å². The number of carbonyl (C=O) groups is 2. The molecule has 1 aliphatic rings. The van der Waals surface area contributed by atoms with Gasteiger partial charge in [-0.25, -0.2) is 4.98 Å². The molecule has 36 heavy (non-hydrogen) atoms. The molecule has 0 saturated carbocycles. The Hall–Kier alpha value is -4.02. The lowest BCUT2D eigenvalue weighted by Gasteiger charge is -2.32. The number of aryl methyl sites for hydroxylation is 1. The molecule has 0 bridgehead atoms. The fraction of sp³-hybridized carbons (Fsp3) is 0.320. The molecule has 2 heterocycles. The Kier molecular flexibility index (Phi) is 7.18. The number of carbonyl (C=O) groups excluding carboxylic acids is 2. The zero-order valence-electron chi connectivity index (χ0n) is 19.5. The number of primary amides is 1. The molecule has 1 fully saturated rings. The summed E-state index contributed by atoms with van der Waals surface area (Å²) in [5, 5.41) is 0. The topological polar surface area (TPSA) is 99.7 Å². The van der Waals surface area contributed by atoms with Gasteiger partial charge in [0.2, 0.25) is 5.91 Å². The Balaban J connectivity index is 1.33. The molecule has 1 aromatic heterocycles. The van der Waals surface area contributed by atoms with Gasteiger partial charge in [-0.1, -0.05) is 12.1 Å². The van der Waals surface area contributed by atoms with Crippen molar-refractivity contribution in [2.24, 2.45) is 12.8 Å². The smallest absolute Gasteiger partial charge is 0.489 e. The lowest BCUT2D eigenvalue weighted by molar-refractivity contribution is -0.274. The van der Waals surface area contributed by atoms with Gasteiger partial charge in [0, 0.05) is 38.5 Å². The molecular weight excluding hydrogens is 477 g/mol. The maximum atomic E-state index is 12.7. The van der Waals surface area contributed by atoms with Crippen LogP contribution in [0.2, 0.25) is 0 Å². The Morgan fingerprint density at radius 3 is 2.39 bits per heavy atom. The normalized spacial score (nSPS) is 14.5. The zero-order valence-corrected chi connectivity index (χ0v) is 19.5. The van der Waals surface area contributed by atoms with Gasteiger partial charge in [0.25, 0.3) is 5.91 Å². The first-order valence-corrected chi connectivity index (χ1v) is 11.3. The summed E-state index contributed by atoms with van der Waals surface area (Å²) in [6.45, 7) is 0.912. The van der Waals surface area contributed by atoms with E-state index in [0.29, 0.717) is 37.2 Å². The average molecular weight is 502 g/mol. The molecule has 0 spiro atoms. The fourth-order valence-electron chi connectivity index (χ4n) is 4.12. The van der Waals surface area contributed by atoms with Gasteiger partial charge in [0.15, 0.2) is 0 Å². The van der Waals surface area contributed by atoms with Crippen LogP contribution in [0.4, 0.5) is 13.2 Å². The van der Waals surface area contributed by atoms with Crippen molar-refractivity contribution in [3.05, 3.63) is 66.1 Å². The molecule has 0 atom stereocenters. The Bertz CT molecular complexity index is 1230. The number of hydrogen-bond donors (Lipinski definition) is 1. The van der Waals surface area contributed by atoms with Crippen LogP contribution in [0.15, 0.2) is 55.0 Å². The predicted molar refractivity (Wildman–Crippen MR) is 124 cm³/mol. The van der Waals surface area contributed by atoms with E-state index in [1.54, 1.807) is 29.6 Å². The van der Waals surface area contributed by atoms with Gasteiger partial charge in [0.1, 0.15) is 17.6 Å². The number of nitrogens with zero attached hydrogens (tertiary/aromatic N) is 3. The molecule has 2 amide bonds. The lowest BCUT2D eigenvalue weighted by atomic mass is 10.0. The highest BCUT2D eigenvalue weighted by molar-refractivity contribution is 5.97. The quantitative estimate of drug-likeness (QED) is 0.531. The Morgan fingerprint density at radius 1 is 1.11 bits per heavy atom. The molecule has 8 nitrogen and oxygen atoms in total. The van der Waals surface area contributed by atoms with Gasteiger partial charge in [0.05, 0.1) is 30.2 Å². The van der Waals surface area contributed by atoms with Crippen LogP contribution in [0.5, 0.6) is 11.5 Å². The molecule has 2 N–H and O–H groups in total. The van der Waals surface area contributed by atoms with Crippen LogP contribution in [0.1, 0.15) is 28.8 Å². The monoisotopic (exact) mass is 502 g/mol. The number of benzene rings is 2. The number of rotatable bonds is 7. The van der Waals surface area contributed by atoms with Crippen LogP contribution in [0.3, 0.4) is 0 Å². The average Bonchev–Trinajstić information content (AvgIpc) is 3.26. The van der Waals surface area contributed by atoms with Crippen molar-refractivity contribution in [3.63, 3.8) is 0 Å². The van der Waals surface area contributed by atoms with Crippen LogP contribution < -0.4 is 15.2 Å². The van der Waals surface area contributed by atoms with Crippen molar-refractivity contribution >= 4 is 11.8 Å². The molecule has 0 unspecified atom stereocenters. The summed E-state index contributed by atoms with van der Waals surface area (Å²) in [5.41, 5.74) is 8.07. The molecule has 3 aromatic rings. The largest absolute Gasteiger partial charge is 0.573 e. The third-order valence-electron chi connectivity index (χ3n) is 5.96. The highest BCUT2D eigenvalue weighted by Crippen LogP contribution is 2.29. The number of likely N-dealkylation sites (tertiary alicyclic amines) is 1. The van der Waals surface area contributed by atoms with E-state index in [1.165, 1.54) is 24.3 Å². The number of alkyl halides is 3. The van der Waals surface area contributed by atoms with Crippen LogP contribution in [0, 0.1) is 0 Å². The Labute approximate surface area is 205 Å². The van der Waals surface area contributed by atoms with E-state index in [1.807, 2.05) is 17.7 Å². The first kappa shape index (κ1) is 25.1. The second kappa shape index (κ2) is 10.3. The minimum atomic E-state index is -4.76. The highest BCUT2D eigenvalue weighted by Gasteiger charge is 2.31. The minimum Gasteiger partial charge on any atom is -0.489 e. The number of nitrogens with two attached hydrogens (primary N) is 1. The number of ether oxygens (including phenoxy) is 2. The number of hydrogen-bond acceptors (Lipinski definition) is 5. The summed E-state index contributed by atoms with van der Waals surface area (Å²) < 4.78 is 48.7. The molecular formula is C25H25F3N4O4. The standard InChI is InChI=1S/C25H25F3N4O4/c1-31-15-30-14-21(31)17-4-7-22(20(13-17)24(29)34)35-18-8-10-32(11-9-18)23(33)12-16-2-5-19(6-3-16)36-25(26,27)28/h2-7,13-15,18H,8-12H2,1H3,(H2,29,34). The summed E-state index contributed by atoms with van der Waals surface area (Å²) in [4.78, 5) is 30.5. The van der Waals surface area contributed by atoms with Crippen LogP contribution >= 0.6 is 0 Å². The first-order valence-electron chi connectivity index (χ1n) is 11.3. The lowest BCUT2D eigenvalue weighted by Crippen LogP contribution is -2.42. The number of imidazole rings is 1. The highest BCUT2D eigenvalue weighted by atomic mass is 19.4. The first-order chi connectivity index (χ1) is 17.1. The van der Waals surface area contributed by atoms with Crippen molar-refractivity contribution in [2.45, 2.75) is 31.7 Å². The van der Waals surface area contributed by atoms with Crippen LogP contribution in [-0.2, 0) is 18.3 Å². The maximum absolute atomic E-state index is 12.7. The maximum Gasteiger partial charge on any atom is 0.573 e. The van der Waals surface area contributed by atoms with E-state index in [-0.39, 0.29) is 29.7 Å². The van der Waals surface area contributed by atoms with Crippen molar-refractivity contribution in [2.75, 3.05) is 13.1 Å². The summed E-state index contributed by atoms with van der Waals surface area (Å²) in [7, 11) is 1.85. The molecule has 1 aliphatic heterocycles. The molecule has 1 saturated heterocycles. The second-order valence-corrected chi connectivity index (χ2v) is 8.53. The van der Waals surface area contributed by atoms with Gasteiger partial charge >= 0.3 is 6.36 Å². The number of aromatic nitrogens is 2. The molecule has 2 aromatic carbocycles. The molecule has 190 valence electrons. The summed E-state index contributed by atoms with van der Waals surface area (Å²) in [5.74, 6) is -0.677. The SMILES string of the molecule is Cn1cncc1-c1ccc(OC2CCN(C(=O)Cc3ccc(OC(F)(F)F)cc3)CC2)c(C(N)=O)c1. The molecule has 11 heteroatoms. The van der Waals surface area contributed by atoms with Crippen LogP contribution in [0.25, 0.3) is 11.3 Å². The molecule has 0 radical (unpaired) electrons. The van der Waals surface area contributed by atoms with Crippen molar-refractivity contribution in [1.29, 1.82) is 0 Å². The van der Waals surface area contributed by atoms with Gasteiger partial charge < -0.3 is 24.7 Å².